The van der Waals surface area contributed by atoms with Crippen LogP contribution in [0.2, 0.25) is 0 Å². The van der Waals surface area contributed by atoms with E-state index in [0.717, 1.165) is 5.56 Å². The molecular weight excluding hydrogens is 328 g/mol. The highest BCUT2D eigenvalue weighted by Gasteiger charge is 2.10. The normalized spacial score (nSPS) is 10.1. The summed E-state index contributed by atoms with van der Waals surface area (Å²) in [6.45, 7) is 4.77. The summed E-state index contributed by atoms with van der Waals surface area (Å²) in [7, 11) is 0. The number of benzene rings is 3. The molecule has 3 N–H and O–H groups in total. The molecule has 0 atom stereocenters. The quantitative estimate of drug-likeness (QED) is 0.589. The van der Waals surface area contributed by atoms with Gasteiger partial charge in [-0.3, -0.25) is 0 Å². The number of hydrogen-bond donors (Lipinski definition) is 3. The molecule has 0 spiro atoms. The van der Waals surface area contributed by atoms with E-state index in [4.69, 9.17) is 20.1 Å². The average molecular weight is 352 g/mol. The first kappa shape index (κ1) is 19.3. The Morgan fingerprint density at radius 1 is 0.692 bits per heavy atom. The summed E-state index contributed by atoms with van der Waals surface area (Å²) < 4.78 is 5.61. The Hall–Kier alpha value is -2.98. The van der Waals surface area contributed by atoms with Crippen molar-refractivity contribution in [1.29, 1.82) is 0 Å². The molecule has 0 saturated heterocycles. The number of phenolic OH excluding ortho intramolecular Hbond substituents is 3. The van der Waals surface area contributed by atoms with Crippen molar-refractivity contribution >= 4 is 0 Å². The summed E-state index contributed by atoms with van der Waals surface area (Å²) in [6, 6.07) is 21.8. The zero-order valence-electron chi connectivity index (χ0n) is 15.0. The number of ether oxygens (including phenoxy) is 1. The van der Waals surface area contributed by atoms with Crippen LogP contribution in [-0.2, 0) is 18.0 Å². The van der Waals surface area contributed by atoms with E-state index in [2.05, 4.69) is 24.3 Å². The second-order valence-electron chi connectivity index (χ2n) is 6.00. The van der Waals surface area contributed by atoms with Gasteiger partial charge in [0.15, 0.2) is 11.5 Å². The molecule has 3 aromatic carbocycles. The van der Waals surface area contributed by atoms with E-state index in [9.17, 15) is 0 Å². The van der Waals surface area contributed by atoms with Crippen LogP contribution < -0.4 is 0 Å². The van der Waals surface area contributed by atoms with Crippen molar-refractivity contribution in [1.82, 2.24) is 0 Å². The zero-order valence-corrected chi connectivity index (χ0v) is 15.0. The lowest BCUT2D eigenvalue weighted by atomic mass is 10.1. The van der Waals surface area contributed by atoms with Gasteiger partial charge < -0.3 is 20.1 Å². The molecule has 0 aliphatic carbocycles. The molecule has 0 aliphatic heterocycles. The molecule has 136 valence electrons. The van der Waals surface area contributed by atoms with Crippen molar-refractivity contribution in [2.75, 3.05) is 0 Å². The Morgan fingerprint density at radius 2 is 1.15 bits per heavy atom. The minimum atomic E-state index is -0.451. The van der Waals surface area contributed by atoms with Crippen molar-refractivity contribution in [3.63, 3.8) is 0 Å². The molecule has 0 unspecified atom stereocenters. The molecule has 0 saturated carbocycles. The third-order valence-corrected chi connectivity index (χ3v) is 3.99. The van der Waals surface area contributed by atoms with Crippen molar-refractivity contribution in [2.24, 2.45) is 0 Å². The Morgan fingerprint density at radius 3 is 1.62 bits per heavy atom. The van der Waals surface area contributed by atoms with Gasteiger partial charge in [-0.05, 0) is 42.2 Å². The van der Waals surface area contributed by atoms with Crippen LogP contribution >= 0.6 is 0 Å². The Bertz CT molecular complexity index is 749. The van der Waals surface area contributed by atoms with Crippen LogP contribution in [-0.4, -0.2) is 15.3 Å². The van der Waals surface area contributed by atoms with E-state index in [1.807, 2.05) is 36.4 Å². The summed E-state index contributed by atoms with van der Waals surface area (Å²) in [5.41, 5.74) is 3.76. The summed E-state index contributed by atoms with van der Waals surface area (Å²) >= 11 is 0. The van der Waals surface area contributed by atoms with Crippen molar-refractivity contribution in [2.45, 2.75) is 27.1 Å². The van der Waals surface area contributed by atoms with E-state index in [-0.39, 0.29) is 11.5 Å². The monoisotopic (exact) mass is 352 g/mol. The van der Waals surface area contributed by atoms with Crippen LogP contribution in [0.25, 0.3) is 0 Å². The third kappa shape index (κ3) is 5.53. The van der Waals surface area contributed by atoms with Crippen molar-refractivity contribution in [3.05, 3.63) is 89.0 Å². The largest absolute Gasteiger partial charge is 0.504 e. The molecule has 0 fully saturated rings. The standard InChI is InChI=1S/C14H14O.C8H10O3/c1-3-7-13(8-4-1)11-15-12-14-9-5-2-6-10-14;1-4-3-6(9)8(11)7(10)5(4)2/h1-10H,11-12H2;3,9-11H,1-2H3. The van der Waals surface area contributed by atoms with Crippen molar-refractivity contribution < 1.29 is 20.1 Å². The molecule has 26 heavy (non-hydrogen) atoms. The lowest BCUT2D eigenvalue weighted by Crippen LogP contribution is -1.93. The molecular formula is C22H24O4. The first-order valence-corrected chi connectivity index (χ1v) is 8.35. The van der Waals surface area contributed by atoms with Gasteiger partial charge in [-0.1, -0.05) is 60.7 Å². The molecule has 0 aromatic heterocycles. The smallest absolute Gasteiger partial charge is 0.200 e. The van der Waals surface area contributed by atoms with E-state index < -0.39 is 5.75 Å². The van der Waals surface area contributed by atoms with Gasteiger partial charge >= 0.3 is 0 Å². The first-order chi connectivity index (χ1) is 12.5. The van der Waals surface area contributed by atoms with E-state index in [1.54, 1.807) is 13.8 Å². The fourth-order valence-electron chi connectivity index (χ4n) is 2.30. The van der Waals surface area contributed by atoms with Crippen LogP contribution in [0.4, 0.5) is 0 Å². The van der Waals surface area contributed by atoms with Gasteiger partial charge in [-0.2, -0.15) is 0 Å². The van der Waals surface area contributed by atoms with E-state index in [0.29, 0.717) is 18.8 Å². The Labute approximate surface area is 154 Å². The van der Waals surface area contributed by atoms with Crippen LogP contribution in [0.1, 0.15) is 22.3 Å². The number of aryl methyl sites for hydroxylation is 1. The van der Waals surface area contributed by atoms with Crippen molar-refractivity contribution in [3.8, 4) is 17.2 Å². The maximum atomic E-state index is 9.16. The molecule has 3 aromatic rings. The molecule has 0 radical (unpaired) electrons. The van der Waals surface area contributed by atoms with Crippen LogP contribution in [0, 0.1) is 13.8 Å². The van der Waals surface area contributed by atoms with Gasteiger partial charge in [0.1, 0.15) is 0 Å². The molecule has 4 heteroatoms. The lowest BCUT2D eigenvalue weighted by molar-refractivity contribution is 0.107. The van der Waals surface area contributed by atoms with Gasteiger partial charge in [0, 0.05) is 0 Å². The summed E-state index contributed by atoms with van der Waals surface area (Å²) in [6.07, 6.45) is 0. The fraction of sp³-hybridized carbons (Fsp3) is 0.182. The molecule has 0 heterocycles. The number of aromatic hydroxyl groups is 3. The second-order valence-corrected chi connectivity index (χ2v) is 6.00. The average Bonchev–Trinajstić information content (AvgIpc) is 2.67. The van der Waals surface area contributed by atoms with E-state index >= 15 is 0 Å². The zero-order chi connectivity index (χ0) is 18.9. The van der Waals surface area contributed by atoms with Crippen LogP contribution in [0.15, 0.2) is 66.7 Å². The molecule has 0 amide bonds. The molecule has 0 bridgehead atoms. The molecule has 4 nitrogen and oxygen atoms in total. The van der Waals surface area contributed by atoms with Crippen LogP contribution in [0.3, 0.4) is 0 Å². The predicted molar refractivity (Wildman–Crippen MR) is 102 cm³/mol. The second kappa shape index (κ2) is 9.49. The minimum Gasteiger partial charge on any atom is -0.504 e. The maximum absolute atomic E-state index is 9.16. The molecule has 3 rings (SSSR count). The summed E-state index contributed by atoms with van der Waals surface area (Å²) in [4.78, 5) is 0. The number of phenols is 3. The molecule has 0 aliphatic rings. The third-order valence-electron chi connectivity index (χ3n) is 3.99. The first-order valence-electron chi connectivity index (χ1n) is 8.35. The fourth-order valence-corrected chi connectivity index (χ4v) is 2.30. The lowest BCUT2D eigenvalue weighted by Gasteiger charge is -2.06. The Balaban J connectivity index is 0.000000197. The highest BCUT2D eigenvalue weighted by atomic mass is 16.5. The van der Waals surface area contributed by atoms with Gasteiger partial charge in [0.25, 0.3) is 0 Å². The number of rotatable bonds is 4. The Kier molecular flexibility index (Phi) is 7.06. The van der Waals surface area contributed by atoms with Gasteiger partial charge in [-0.15, -0.1) is 0 Å². The van der Waals surface area contributed by atoms with Gasteiger partial charge in [0.2, 0.25) is 5.75 Å². The maximum Gasteiger partial charge on any atom is 0.200 e. The predicted octanol–water partition coefficient (Wildman–Crippen LogP) is 4.82. The highest BCUT2D eigenvalue weighted by molar-refractivity contribution is 5.55. The van der Waals surface area contributed by atoms with Gasteiger partial charge in [-0.25, -0.2) is 0 Å². The highest BCUT2D eigenvalue weighted by Crippen LogP contribution is 2.38. The SMILES string of the molecule is Cc1cc(O)c(O)c(O)c1C.c1ccc(COCc2ccccc2)cc1. The summed E-state index contributed by atoms with van der Waals surface area (Å²) in [5, 5.41) is 27.2. The van der Waals surface area contributed by atoms with E-state index in [1.165, 1.54) is 17.2 Å². The summed E-state index contributed by atoms with van der Waals surface area (Å²) in [5.74, 6) is -0.985. The topological polar surface area (TPSA) is 69.9 Å². The van der Waals surface area contributed by atoms with Crippen LogP contribution in [0.5, 0.6) is 17.2 Å². The van der Waals surface area contributed by atoms with Gasteiger partial charge in [0.05, 0.1) is 13.2 Å². The minimum absolute atomic E-state index is 0.248. The number of hydrogen-bond acceptors (Lipinski definition) is 4.